The molecule has 2 heterocycles. The van der Waals surface area contributed by atoms with E-state index in [-0.39, 0.29) is 23.3 Å². The van der Waals surface area contributed by atoms with Gasteiger partial charge in [0, 0.05) is 30.8 Å². The molecule has 5 N–H and O–H groups in total. The average molecular weight is 609 g/mol. The van der Waals surface area contributed by atoms with E-state index in [4.69, 9.17) is 10.5 Å². The Kier molecular flexibility index (Phi) is 8.37. The van der Waals surface area contributed by atoms with Gasteiger partial charge in [-0.2, -0.15) is 5.10 Å². The van der Waals surface area contributed by atoms with Gasteiger partial charge in [-0.1, -0.05) is 30.3 Å². The Balaban J connectivity index is 1.22. The zero-order valence-corrected chi connectivity index (χ0v) is 25.3. The van der Waals surface area contributed by atoms with Crippen LogP contribution in [0.2, 0.25) is 0 Å². The SMILES string of the molecule is CCn1nc(C)cc1C(=O)Nc1nc2cc(C(N)=O)cc(OCC3CC3)c2n1NCCCNC(=O)c1ccc2ccccc2c1. The number of fused-ring (bicyclic) bond motifs is 2. The number of aryl methyl sites for hydroxylation is 2. The van der Waals surface area contributed by atoms with Gasteiger partial charge in [0.05, 0.1) is 17.8 Å². The van der Waals surface area contributed by atoms with Crippen LogP contribution in [-0.4, -0.2) is 56.9 Å². The molecular formula is C33H36N8O4. The number of ether oxygens (including phenoxy) is 1. The van der Waals surface area contributed by atoms with Crippen LogP contribution in [0, 0.1) is 12.8 Å². The maximum absolute atomic E-state index is 13.4. The number of primary amides is 1. The van der Waals surface area contributed by atoms with Crippen LogP contribution >= 0.6 is 0 Å². The lowest BCUT2D eigenvalue weighted by Crippen LogP contribution is -2.28. The highest BCUT2D eigenvalue weighted by Gasteiger charge is 2.25. The first-order chi connectivity index (χ1) is 21.8. The second-order valence-corrected chi connectivity index (χ2v) is 11.3. The molecule has 0 saturated heterocycles. The summed E-state index contributed by atoms with van der Waals surface area (Å²) in [6.07, 6.45) is 2.76. The normalized spacial score (nSPS) is 12.8. The number of carbonyl (C=O) groups excluding carboxylic acids is 3. The minimum atomic E-state index is -0.606. The Morgan fingerprint density at radius 3 is 2.53 bits per heavy atom. The Bertz CT molecular complexity index is 1910. The van der Waals surface area contributed by atoms with Gasteiger partial charge >= 0.3 is 0 Å². The smallest absolute Gasteiger partial charge is 0.276 e. The van der Waals surface area contributed by atoms with E-state index in [0.29, 0.717) is 66.6 Å². The van der Waals surface area contributed by atoms with Crippen molar-refractivity contribution in [1.29, 1.82) is 0 Å². The predicted molar refractivity (Wildman–Crippen MR) is 172 cm³/mol. The number of nitrogens with two attached hydrogens (primary N) is 1. The van der Waals surface area contributed by atoms with E-state index in [1.807, 2.05) is 56.3 Å². The lowest BCUT2D eigenvalue weighted by Gasteiger charge is -2.15. The van der Waals surface area contributed by atoms with Gasteiger partial charge in [-0.25, -0.2) is 9.66 Å². The van der Waals surface area contributed by atoms with Gasteiger partial charge in [-0.05, 0) is 80.1 Å². The molecule has 1 fully saturated rings. The van der Waals surface area contributed by atoms with Crippen LogP contribution in [0.3, 0.4) is 0 Å². The van der Waals surface area contributed by atoms with Crippen molar-refractivity contribution < 1.29 is 19.1 Å². The highest BCUT2D eigenvalue weighted by molar-refractivity contribution is 6.04. The highest BCUT2D eigenvalue weighted by atomic mass is 16.5. The average Bonchev–Trinajstić information content (AvgIpc) is 3.70. The van der Waals surface area contributed by atoms with Crippen LogP contribution in [-0.2, 0) is 6.54 Å². The van der Waals surface area contributed by atoms with Crippen LogP contribution in [0.4, 0.5) is 5.95 Å². The summed E-state index contributed by atoms with van der Waals surface area (Å²) < 4.78 is 9.44. The second-order valence-electron chi connectivity index (χ2n) is 11.3. The number of amides is 3. The number of anilines is 1. The maximum atomic E-state index is 13.4. The lowest BCUT2D eigenvalue weighted by molar-refractivity contribution is 0.0951. The number of nitrogens with one attached hydrogen (secondary N) is 3. The number of rotatable bonds is 13. The summed E-state index contributed by atoms with van der Waals surface area (Å²) in [5.74, 6) is -0.0222. The Hall–Kier alpha value is -5.39. The third-order valence-electron chi connectivity index (χ3n) is 7.75. The van der Waals surface area contributed by atoms with Crippen LogP contribution in [0.25, 0.3) is 21.8 Å². The molecule has 2 aromatic heterocycles. The molecule has 0 aliphatic heterocycles. The fourth-order valence-corrected chi connectivity index (χ4v) is 5.20. The quantitative estimate of drug-likeness (QED) is 0.146. The topological polar surface area (TPSA) is 158 Å². The van der Waals surface area contributed by atoms with E-state index >= 15 is 0 Å². The molecule has 0 spiro atoms. The van der Waals surface area contributed by atoms with Gasteiger partial charge in [-0.3, -0.25) is 24.4 Å². The number of hydrogen-bond donors (Lipinski definition) is 4. The largest absolute Gasteiger partial charge is 0.491 e. The second kappa shape index (κ2) is 12.7. The molecule has 12 heteroatoms. The molecule has 1 aliphatic carbocycles. The van der Waals surface area contributed by atoms with Crippen molar-refractivity contribution in [3.05, 3.63) is 83.2 Å². The Labute approximate surface area is 259 Å². The minimum absolute atomic E-state index is 0.153. The number of nitrogens with zero attached hydrogens (tertiary/aromatic N) is 4. The number of imidazole rings is 1. The predicted octanol–water partition coefficient (Wildman–Crippen LogP) is 4.22. The zero-order chi connectivity index (χ0) is 31.5. The summed E-state index contributed by atoms with van der Waals surface area (Å²) in [4.78, 5) is 43.0. The molecule has 5 aromatic rings. The summed E-state index contributed by atoms with van der Waals surface area (Å²) in [7, 11) is 0. The van der Waals surface area contributed by atoms with E-state index in [9.17, 15) is 14.4 Å². The van der Waals surface area contributed by atoms with Crippen molar-refractivity contribution in [3.8, 4) is 5.75 Å². The van der Waals surface area contributed by atoms with Gasteiger partial charge in [0.1, 0.15) is 17.0 Å². The van der Waals surface area contributed by atoms with E-state index < -0.39 is 5.91 Å². The molecule has 0 bridgehead atoms. The van der Waals surface area contributed by atoms with Crippen molar-refractivity contribution in [1.82, 2.24) is 24.8 Å². The molecule has 0 unspecified atom stereocenters. The molecule has 6 rings (SSSR count). The van der Waals surface area contributed by atoms with E-state index in [0.717, 1.165) is 29.3 Å². The zero-order valence-electron chi connectivity index (χ0n) is 25.3. The van der Waals surface area contributed by atoms with Crippen molar-refractivity contribution in [2.24, 2.45) is 11.7 Å². The van der Waals surface area contributed by atoms with Crippen molar-refractivity contribution >= 4 is 45.5 Å². The fourth-order valence-electron chi connectivity index (χ4n) is 5.20. The van der Waals surface area contributed by atoms with Gasteiger partial charge in [-0.15, -0.1) is 0 Å². The van der Waals surface area contributed by atoms with Crippen molar-refractivity contribution in [2.75, 3.05) is 30.4 Å². The van der Waals surface area contributed by atoms with Crippen molar-refractivity contribution in [2.45, 2.75) is 39.7 Å². The standard InChI is InChI=1S/C33H36N8O4/c1-3-40-27(15-20(2)39-40)32(44)38-33-37-26-17-25(30(34)42)18-28(45-19-21-9-10-21)29(26)41(33)36-14-6-13-35-31(43)24-12-11-22-7-4-5-8-23(22)16-24/h4-5,7-8,11-12,15-18,21,36H,3,6,9-10,13-14,19H2,1-2H3,(H2,34,42)(H,35,43)(H,37,38,44). The van der Waals surface area contributed by atoms with Crippen LogP contribution in [0.1, 0.15) is 63.1 Å². The van der Waals surface area contributed by atoms with E-state index in [1.165, 1.54) is 0 Å². The summed E-state index contributed by atoms with van der Waals surface area (Å²) >= 11 is 0. The summed E-state index contributed by atoms with van der Waals surface area (Å²) in [5.41, 5.74) is 11.9. The molecule has 45 heavy (non-hydrogen) atoms. The van der Waals surface area contributed by atoms with Gasteiger partial charge in [0.2, 0.25) is 11.9 Å². The molecule has 232 valence electrons. The third-order valence-corrected chi connectivity index (χ3v) is 7.75. The van der Waals surface area contributed by atoms with Gasteiger partial charge in [0.25, 0.3) is 11.8 Å². The Morgan fingerprint density at radius 1 is 0.978 bits per heavy atom. The first-order valence-electron chi connectivity index (χ1n) is 15.2. The highest BCUT2D eigenvalue weighted by Crippen LogP contribution is 2.34. The summed E-state index contributed by atoms with van der Waals surface area (Å²) in [6.45, 7) is 5.61. The molecule has 0 radical (unpaired) electrons. The first-order valence-corrected chi connectivity index (χ1v) is 15.2. The number of carbonyl (C=O) groups is 3. The van der Waals surface area contributed by atoms with Crippen LogP contribution in [0.15, 0.2) is 60.7 Å². The van der Waals surface area contributed by atoms with Crippen LogP contribution in [0.5, 0.6) is 5.75 Å². The number of benzene rings is 3. The molecule has 3 aromatic carbocycles. The van der Waals surface area contributed by atoms with Crippen LogP contribution < -0.4 is 26.5 Å². The maximum Gasteiger partial charge on any atom is 0.276 e. The molecular weight excluding hydrogens is 572 g/mol. The third kappa shape index (κ3) is 6.59. The molecule has 0 atom stereocenters. The molecule has 12 nitrogen and oxygen atoms in total. The first kappa shape index (κ1) is 29.7. The Morgan fingerprint density at radius 2 is 1.78 bits per heavy atom. The monoisotopic (exact) mass is 608 g/mol. The van der Waals surface area contributed by atoms with Gasteiger partial charge < -0.3 is 21.2 Å². The van der Waals surface area contributed by atoms with Crippen molar-refractivity contribution in [3.63, 3.8) is 0 Å². The summed E-state index contributed by atoms with van der Waals surface area (Å²) in [6, 6.07) is 18.4. The fraction of sp³-hybridized carbons (Fsp3) is 0.303. The van der Waals surface area contributed by atoms with Gasteiger partial charge in [0.15, 0.2) is 0 Å². The molecule has 1 aliphatic rings. The number of aromatic nitrogens is 4. The minimum Gasteiger partial charge on any atom is -0.491 e. The molecule has 3 amide bonds. The molecule has 1 saturated carbocycles. The van der Waals surface area contributed by atoms with E-state index in [1.54, 1.807) is 27.6 Å². The summed E-state index contributed by atoms with van der Waals surface area (Å²) in [5, 5.41) is 12.3. The van der Waals surface area contributed by atoms with E-state index in [2.05, 4.69) is 26.1 Å². The number of hydrogen-bond acceptors (Lipinski definition) is 7. The lowest BCUT2D eigenvalue weighted by atomic mass is 10.1.